The lowest BCUT2D eigenvalue weighted by Crippen LogP contribution is -2.04. The molecule has 0 aliphatic carbocycles. The van der Waals surface area contributed by atoms with Gasteiger partial charge < -0.3 is 10.3 Å². The monoisotopic (exact) mass is 219 g/mol. The fourth-order valence-corrected chi connectivity index (χ4v) is 1.97. The lowest BCUT2D eigenvalue weighted by atomic mass is 10.3. The number of hydrogen-bond donors (Lipinski definition) is 2. The molecule has 0 atom stereocenters. The van der Waals surface area contributed by atoms with Gasteiger partial charge in [0.25, 0.3) is 0 Å². The van der Waals surface area contributed by atoms with Gasteiger partial charge in [0.1, 0.15) is 11.5 Å². The second kappa shape index (κ2) is 3.23. The SMILES string of the molecule is CSc1nc2c3c(c[nH]c3n1)N=CCN2. The standard InChI is InChI=1S/C9H9N5S/c1-15-9-13-7-6-5(10-2-3-11-7)4-12-8(6)14-9/h2,4H,3H2,1H3,(H2,11,12,13,14). The smallest absolute Gasteiger partial charge is 0.191 e. The van der Waals surface area contributed by atoms with Crippen molar-refractivity contribution in [3.8, 4) is 0 Å². The minimum Gasteiger partial charge on any atom is -0.364 e. The van der Waals surface area contributed by atoms with Gasteiger partial charge in [0.15, 0.2) is 5.16 Å². The van der Waals surface area contributed by atoms with Crippen molar-refractivity contribution in [2.45, 2.75) is 5.16 Å². The van der Waals surface area contributed by atoms with E-state index in [-0.39, 0.29) is 0 Å². The Morgan fingerprint density at radius 3 is 3.20 bits per heavy atom. The van der Waals surface area contributed by atoms with E-state index in [0.717, 1.165) is 27.7 Å². The zero-order valence-electron chi connectivity index (χ0n) is 8.11. The molecule has 3 rings (SSSR count). The van der Waals surface area contributed by atoms with E-state index in [0.29, 0.717) is 6.54 Å². The molecule has 0 amide bonds. The molecule has 0 fully saturated rings. The third kappa shape index (κ3) is 1.29. The third-order valence-corrected chi connectivity index (χ3v) is 2.81. The highest BCUT2D eigenvalue weighted by atomic mass is 32.2. The van der Waals surface area contributed by atoms with Crippen LogP contribution in [0.5, 0.6) is 0 Å². The Bertz CT molecular complexity index is 545. The number of H-pyrrole nitrogens is 1. The minimum absolute atomic E-state index is 0.703. The zero-order chi connectivity index (χ0) is 10.3. The lowest BCUT2D eigenvalue weighted by molar-refractivity contribution is 0.997. The average molecular weight is 219 g/mol. The number of nitrogens with zero attached hydrogens (tertiary/aromatic N) is 3. The lowest BCUT2D eigenvalue weighted by Gasteiger charge is -2.03. The Balaban J connectivity index is 2.36. The van der Waals surface area contributed by atoms with E-state index < -0.39 is 0 Å². The van der Waals surface area contributed by atoms with Crippen LogP contribution < -0.4 is 5.32 Å². The highest BCUT2D eigenvalue weighted by molar-refractivity contribution is 7.98. The van der Waals surface area contributed by atoms with E-state index in [9.17, 15) is 0 Å². The maximum atomic E-state index is 4.42. The molecule has 0 bridgehead atoms. The number of aromatic amines is 1. The Kier molecular flexibility index (Phi) is 1.88. The molecule has 0 spiro atoms. The van der Waals surface area contributed by atoms with Gasteiger partial charge in [0, 0.05) is 12.4 Å². The van der Waals surface area contributed by atoms with Crippen molar-refractivity contribution in [2.24, 2.45) is 4.99 Å². The zero-order valence-corrected chi connectivity index (χ0v) is 8.93. The van der Waals surface area contributed by atoms with E-state index in [1.807, 2.05) is 18.7 Å². The van der Waals surface area contributed by atoms with Crippen LogP contribution in [0.1, 0.15) is 0 Å². The number of anilines is 1. The summed E-state index contributed by atoms with van der Waals surface area (Å²) in [5.74, 6) is 0.859. The highest BCUT2D eigenvalue weighted by Gasteiger charge is 2.14. The highest BCUT2D eigenvalue weighted by Crippen LogP contribution is 2.32. The molecular weight excluding hydrogens is 210 g/mol. The Labute approximate surface area is 90.4 Å². The molecule has 0 saturated carbocycles. The van der Waals surface area contributed by atoms with Crippen LogP contribution in [0.25, 0.3) is 11.0 Å². The van der Waals surface area contributed by atoms with Gasteiger partial charge in [0.2, 0.25) is 0 Å². The van der Waals surface area contributed by atoms with E-state index in [4.69, 9.17) is 0 Å². The first kappa shape index (κ1) is 8.72. The molecule has 2 N–H and O–H groups in total. The van der Waals surface area contributed by atoms with Crippen molar-refractivity contribution >= 4 is 40.5 Å². The van der Waals surface area contributed by atoms with Crippen LogP contribution >= 0.6 is 11.8 Å². The van der Waals surface area contributed by atoms with Crippen LogP contribution in [-0.2, 0) is 0 Å². The summed E-state index contributed by atoms with van der Waals surface area (Å²) in [5, 5.41) is 4.95. The summed E-state index contributed by atoms with van der Waals surface area (Å²) >= 11 is 1.53. The van der Waals surface area contributed by atoms with Crippen molar-refractivity contribution in [1.29, 1.82) is 0 Å². The molecule has 2 aromatic rings. The minimum atomic E-state index is 0.703. The molecule has 15 heavy (non-hydrogen) atoms. The quantitative estimate of drug-likeness (QED) is 0.567. The van der Waals surface area contributed by atoms with Crippen molar-refractivity contribution in [3.05, 3.63) is 6.20 Å². The fourth-order valence-electron chi connectivity index (χ4n) is 1.60. The maximum absolute atomic E-state index is 4.42. The normalized spacial score (nSPS) is 13.9. The second-order valence-electron chi connectivity index (χ2n) is 3.15. The summed E-state index contributed by atoms with van der Waals surface area (Å²) in [7, 11) is 0. The first-order valence-electron chi connectivity index (χ1n) is 4.58. The van der Waals surface area contributed by atoms with E-state index in [1.165, 1.54) is 11.8 Å². The summed E-state index contributed by atoms with van der Waals surface area (Å²) in [6, 6.07) is 0. The molecular formula is C9H9N5S. The van der Waals surface area contributed by atoms with Crippen molar-refractivity contribution < 1.29 is 0 Å². The molecule has 3 heterocycles. The molecule has 5 nitrogen and oxygen atoms in total. The van der Waals surface area contributed by atoms with Crippen LogP contribution in [-0.4, -0.2) is 34.0 Å². The Hall–Kier alpha value is -1.56. The fraction of sp³-hybridized carbons (Fsp3) is 0.222. The van der Waals surface area contributed by atoms with Gasteiger partial charge in [-0.15, -0.1) is 0 Å². The Morgan fingerprint density at radius 1 is 1.40 bits per heavy atom. The molecule has 0 saturated heterocycles. The number of aliphatic imine (C=N–C) groups is 1. The molecule has 2 aromatic heterocycles. The van der Waals surface area contributed by atoms with Crippen molar-refractivity contribution in [2.75, 3.05) is 18.1 Å². The molecule has 6 heteroatoms. The molecule has 0 aromatic carbocycles. The molecule has 76 valence electrons. The number of rotatable bonds is 1. The van der Waals surface area contributed by atoms with Crippen LogP contribution in [0.15, 0.2) is 16.3 Å². The van der Waals surface area contributed by atoms with Gasteiger partial charge in [-0.3, -0.25) is 4.99 Å². The van der Waals surface area contributed by atoms with Gasteiger partial charge in [-0.05, 0) is 6.26 Å². The molecule has 1 aliphatic heterocycles. The molecule has 0 unspecified atom stereocenters. The number of aromatic nitrogens is 3. The summed E-state index contributed by atoms with van der Waals surface area (Å²) in [4.78, 5) is 16.2. The molecule has 1 aliphatic rings. The Morgan fingerprint density at radius 2 is 2.33 bits per heavy atom. The summed E-state index contributed by atoms with van der Waals surface area (Å²) in [5.41, 5.74) is 1.74. The maximum Gasteiger partial charge on any atom is 0.191 e. The predicted molar refractivity (Wildman–Crippen MR) is 62.3 cm³/mol. The number of thioether (sulfide) groups is 1. The van der Waals surface area contributed by atoms with Gasteiger partial charge in [0.05, 0.1) is 17.6 Å². The van der Waals surface area contributed by atoms with Crippen LogP contribution in [0.4, 0.5) is 11.5 Å². The number of nitrogens with one attached hydrogen (secondary N) is 2. The third-order valence-electron chi connectivity index (χ3n) is 2.26. The van der Waals surface area contributed by atoms with Gasteiger partial charge in [-0.2, -0.15) is 0 Å². The van der Waals surface area contributed by atoms with Crippen LogP contribution in [0.2, 0.25) is 0 Å². The summed E-state index contributed by atoms with van der Waals surface area (Å²) in [6.45, 7) is 0.703. The van der Waals surface area contributed by atoms with Crippen LogP contribution in [0.3, 0.4) is 0 Å². The van der Waals surface area contributed by atoms with Crippen LogP contribution in [0, 0.1) is 0 Å². The van der Waals surface area contributed by atoms with Crippen molar-refractivity contribution in [1.82, 2.24) is 15.0 Å². The van der Waals surface area contributed by atoms with Gasteiger partial charge in [-0.25, -0.2) is 9.97 Å². The summed E-state index contributed by atoms with van der Waals surface area (Å²) in [6.07, 6.45) is 5.66. The van der Waals surface area contributed by atoms with E-state index in [2.05, 4.69) is 25.3 Å². The molecule has 0 radical (unpaired) electrons. The predicted octanol–water partition coefficient (Wildman–Crippen LogP) is 1.81. The average Bonchev–Trinajstić information content (AvgIpc) is 2.55. The number of hydrogen-bond acceptors (Lipinski definition) is 5. The van der Waals surface area contributed by atoms with Gasteiger partial charge >= 0.3 is 0 Å². The first-order valence-corrected chi connectivity index (χ1v) is 5.80. The summed E-state index contributed by atoms with van der Waals surface area (Å²) < 4.78 is 0. The topological polar surface area (TPSA) is 66.0 Å². The van der Waals surface area contributed by atoms with Gasteiger partial charge in [-0.1, -0.05) is 11.8 Å². The second-order valence-corrected chi connectivity index (χ2v) is 3.92. The first-order chi connectivity index (χ1) is 7.38. The van der Waals surface area contributed by atoms with E-state index in [1.54, 1.807) is 0 Å². The van der Waals surface area contributed by atoms with Crippen molar-refractivity contribution in [3.63, 3.8) is 0 Å². The largest absolute Gasteiger partial charge is 0.364 e. The van der Waals surface area contributed by atoms with E-state index >= 15 is 0 Å².